The van der Waals surface area contributed by atoms with Gasteiger partial charge in [0.15, 0.2) is 0 Å². The van der Waals surface area contributed by atoms with Crippen molar-refractivity contribution < 1.29 is 4.79 Å². The highest BCUT2D eigenvalue weighted by Gasteiger charge is 2.30. The summed E-state index contributed by atoms with van der Waals surface area (Å²) in [6.07, 6.45) is 0. The molecule has 7 heteroatoms. The smallest absolute Gasteiger partial charge is 0.295 e. The highest BCUT2D eigenvalue weighted by molar-refractivity contribution is 5.90. The third kappa shape index (κ3) is 4.54. The summed E-state index contributed by atoms with van der Waals surface area (Å²) in [5.74, 6) is -0.0457. The van der Waals surface area contributed by atoms with E-state index in [1.807, 2.05) is 48.2 Å². The SMILES string of the molecule is Cc1ccc(-n2nnc(C(=O)N3CCN(C(c4ccccc4)c4ccccc4)CC3)n2)cc1. The molecule has 2 heterocycles. The van der Waals surface area contributed by atoms with Gasteiger partial charge in [-0.05, 0) is 35.4 Å². The second-order valence-corrected chi connectivity index (χ2v) is 8.29. The molecule has 1 fully saturated rings. The minimum Gasteiger partial charge on any atom is -0.333 e. The predicted octanol–water partition coefficient (Wildman–Crippen LogP) is 3.52. The van der Waals surface area contributed by atoms with Gasteiger partial charge in [0, 0.05) is 26.2 Å². The lowest BCUT2D eigenvalue weighted by molar-refractivity contribution is 0.0585. The topological polar surface area (TPSA) is 67.2 Å². The summed E-state index contributed by atoms with van der Waals surface area (Å²) in [5, 5.41) is 12.4. The largest absolute Gasteiger partial charge is 0.333 e. The van der Waals surface area contributed by atoms with Crippen LogP contribution in [0.5, 0.6) is 0 Å². The van der Waals surface area contributed by atoms with Gasteiger partial charge in [0.1, 0.15) is 0 Å². The lowest BCUT2D eigenvalue weighted by atomic mass is 9.96. The fourth-order valence-corrected chi connectivity index (χ4v) is 4.30. The fraction of sp³-hybridized carbons (Fsp3) is 0.231. The van der Waals surface area contributed by atoms with Crippen molar-refractivity contribution in [1.82, 2.24) is 30.0 Å². The molecule has 0 unspecified atom stereocenters. The van der Waals surface area contributed by atoms with E-state index >= 15 is 0 Å². The number of piperazine rings is 1. The summed E-state index contributed by atoms with van der Waals surface area (Å²) in [6.45, 7) is 4.80. The quantitative estimate of drug-likeness (QED) is 0.477. The van der Waals surface area contributed by atoms with Crippen LogP contribution in [0.2, 0.25) is 0 Å². The lowest BCUT2D eigenvalue weighted by Crippen LogP contribution is -2.50. The fourth-order valence-electron chi connectivity index (χ4n) is 4.30. The molecule has 7 nitrogen and oxygen atoms in total. The summed E-state index contributed by atoms with van der Waals surface area (Å²) >= 11 is 0. The maximum absolute atomic E-state index is 13.0. The predicted molar refractivity (Wildman–Crippen MR) is 126 cm³/mol. The number of tetrazole rings is 1. The summed E-state index contributed by atoms with van der Waals surface area (Å²) in [4.78, 5) is 18.7. The van der Waals surface area contributed by atoms with Crippen LogP contribution in [0.3, 0.4) is 0 Å². The number of hydrogen-bond acceptors (Lipinski definition) is 5. The van der Waals surface area contributed by atoms with Gasteiger partial charge in [-0.25, -0.2) is 0 Å². The molecule has 1 aliphatic heterocycles. The van der Waals surface area contributed by atoms with Gasteiger partial charge in [-0.3, -0.25) is 9.69 Å². The first-order valence-corrected chi connectivity index (χ1v) is 11.2. The third-order valence-electron chi connectivity index (χ3n) is 6.07. The molecule has 0 radical (unpaired) electrons. The first kappa shape index (κ1) is 21.0. The number of aromatic nitrogens is 4. The molecule has 1 aromatic heterocycles. The van der Waals surface area contributed by atoms with Crippen LogP contribution in [0.1, 0.15) is 33.4 Å². The maximum Gasteiger partial charge on any atom is 0.295 e. The number of amides is 1. The second kappa shape index (κ2) is 9.34. The Hall–Kier alpha value is -3.84. The molecule has 1 amide bonds. The summed E-state index contributed by atoms with van der Waals surface area (Å²) in [5.41, 5.74) is 4.44. The van der Waals surface area contributed by atoms with Crippen LogP contribution in [-0.4, -0.2) is 62.1 Å². The number of rotatable bonds is 5. The normalized spacial score (nSPS) is 14.5. The van der Waals surface area contributed by atoms with Crippen molar-refractivity contribution in [2.45, 2.75) is 13.0 Å². The van der Waals surface area contributed by atoms with Crippen LogP contribution in [0.25, 0.3) is 5.69 Å². The van der Waals surface area contributed by atoms with Gasteiger partial charge in [-0.1, -0.05) is 78.4 Å². The Bertz CT molecular complexity index is 1160. The number of aryl methyl sites for hydroxylation is 1. The summed E-state index contributed by atoms with van der Waals surface area (Å²) in [6, 6.07) is 29.0. The average molecular weight is 439 g/mol. The molecular weight excluding hydrogens is 412 g/mol. The molecule has 3 aromatic carbocycles. The van der Waals surface area contributed by atoms with Crippen molar-refractivity contribution in [3.63, 3.8) is 0 Å². The van der Waals surface area contributed by atoms with Crippen molar-refractivity contribution in [3.8, 4) is 5.69 Å². The highest BCUT2D eigenvalue weighted by atomic mass is 16.2. The van der Waals surface area contributed by atoms with Gasteiger partial charge in [0.2, 0.25) is 0 Å². The zero-order valence-electron chi connectivity index (χ0n) is 18.6. The molecule has 0 saturated carbocycles. The van der Waals surface area contributed by atoms with Crippen LogP contribution >= 0.6 is 0 Å². The van der Waals surface area contributed by atoms with Gasteiger partial charge in [-0.15, -0.1) is 15.0 Å². The van der Waals surface area contributed by atoms with E-state index in [0.29, 0.717) is 13.1 Å². The molecule has 1 saturated heterocycles. The monoisotopic (exact) mass is 438 g/mol. The Morgan fingerprint density at radius 1 is 0.788 bits per heavy atom. The Kier molecular flexibility index (Phi) is 5.95. The number of nitrogens with zero attached hydrogens (tertiary/aromatic N) is 6. The second-order valence-electron chi connectivity index (χ2n) is 8.29. The zero-order chi connectivity index (χ0) is 22.6. The number of benzene rings is 3. The molecule has 166 valence electrons. The standard InChI is InChI=1S/C26H26N6O/c1-20-12-14-23(15-13-20)32-28-25(27-29-32)26(33)31-18-16-30(17-19-31)24(21-8-4-2-5-9-21)22-10-6-3-7-11-22/h2-15,24H,16-19H2,1H3. The Morgan fingerprint density at radius 3 is 1.94 bits per heavy atom. The number of carbonyl (C=O) groups excluding carboxylic acids is 1. The van der Waals surface area contributed by atoms with E-state index in [-0.39, 0.29) is 17.8 Å². The van der Waals surface area contributed by atoms with Gasteiger partial charge in [-0.2, -0.15) is 0 Å². The van der Waals surface area contributed by atoms with Gasteiger partial charge >= 0.3 is 0 Å². The lowest BCUT2D eigenvalue weighted by Gasteiger charge is -2.39. The van der Waals surface area contributed by atoms with Crippen molar-refractivity contribution >= 4 is 5.91 Å². The van der Waals surface area contributed by atoms with Crippen molar-refractivity contribution in [2.24, 2.45) is 0 Å². The van der Waals surface area contributed by atoms with E-state index < -0.39 is 0 Å². The molecule has 0 spiro atoms. The number of hydrogen-bond donors (Lipinski definition) is 0. The van der Waals surface area contributed by atoms with Crippen molar-refractivity contribution in [2.75, 3.05) is 26.2 Å². The molecule has 0 atom stereocenters. The van der Waals surface area contributed by atoms with Gasteiger partial charge in [0.25, 0.3) is 11.7 Å². The van der Waals surface area contributed by atoms with Crippen LogP contribution in [0.4, 0.5) is 0 Å². The van der Waals surface area contributed by atoms with E-state index in [0.717, 1.165) is 24.3 Å². The van der Waals surface area contributed by atoms with E-state index in [1.54, 1.807) is 0 Å². The van der Waals surface area contributed by atoms with E-state index in [4.69, 9.17) is 0 Å². The van der Waals surface area contributed by atoms with Crippen LogP contribution in [0.15, 0.2) is 84.9 Å². The minimum atomic E-state index is -0.177. The average Bonchev–Trinajstić information content (AvgIpc) is 3.36. The summed E-state index contributed by atoms with van der Waals surface area (Å²) < 4.78 is 0. The highest BCUT2D eigenvalue weighted by Crippen LogP contribution is 2.29. The van der Waals surface area contributed by atoms with Crippen LogP contribution in [0, 0.1) is 6.92 Å². The maximum atomic E-state index is 13.0. The zero-order valence-corrected chi connectivity index (χ0v) is 18.6. The molecule has 0 N–H and O–H groups in total. The molecular formula is C26H26N6O. The van der Waals surface area contributed by atoms with Crippen molar-refractivity contribution in [1.29, 1.82) is 0 Å². The number of carbonyl (C=O) groups is 1. The van der Waals surface area contributed by atoms with Gasteiger partial charge < -0.3 is 4.90 Å². The third-order valence-corrected chi connectivity index (χ3v) is 6.07. The molecule has 4 aromatic rings. The summed E-state index contributed by atoms with van der Waals surface area (Å²) in [7, 11) is 0. The minimum absolute atomic E-state index is 0.131. The molecule has 0 aliphatic carbocycles. The molecule has 0 bridgehead atoms. The molecule has 1 aliphatic rings. The van der Waals surface area contributed by atoms with Gasteiger partial charge in [0.05, 0.1) is 11.7 Å². The molecule has 33 heavy (non-hydrogen) atoms. The van der Waals surface area contributed by atoms with E-state index in [9.17, 15) is 4.79 Å². The Labute approximate surface area is 193 Å². The Balaban J connectivity index is 1.29. The van der Waals surface area contributed by atoms with E-state index in [2.05, 4.69) is 68.8 Å². The van der Waals surface area contributed by atoms with Crippen LogP contribution < -0.4 is 0 Å². The first-order chi connectivity index (χ1) is 16.2. The van der Waals surface area contributed by atoms with Crippen molar-refractivity contribution in [3.05, 3.63) is 107 Å². The van der Waals surface area contributed by atoms with Crippen LogP contribution in [-0.2, 0) is 0 Å². The first-order valence-electron chi connectivity index (χ1n) is 11.2. The molecule has 5 rings (SSSR count). The van der Waals surface area contributed by atoms with E-state index in [1.165, 1.54) is 15.9 Å². The Morgan fingerprint density at radius 2 is 1.36 bits per heavy atom.